The Kier molecular flexibility index (Phi) is 5.97. The van der Waals surface area contributed by atoms with Crippen molar-refractivity contribution in [3.63, 3.8) is 0 Å². The molecule has 0 fully saturated rings. The fraction of sp³-hybridized carbons (Fsp3) is 0.273. The fourth-order valence-corrected chi connectivity index (χ4v) is 3.73. The Labute approximate surface area is 176 Å². The zero-order chi connectivity index (χ0) is 22.9. The minimum absolute atomic E-state index is 0.156. The number of halogens is 3. The summed E-state index contributed by atoms with van der Waals surface area (Å²) in [5, 5.41) is 0.646. The molecule has 6 nitrogen and oxygen atoms in total. The molecule has 0 saturated carbocycles. The molecule has 3 aromatic rings. The molecule has 1 aromatic heterocycles. The van der Waals surface area contributed by atoms with Crippen LogP contribution in [-0.2, 0) is 4.79 Å². The number of rotatable bonds is 6. The second kappa shape index (κ2) is 8.33. The van der Waals surface area contributed by atoms with Crippen molar-refractivity contribution in [1.29, 1.82) is 0 Å². The molecule has 0 radical (unpaired) electrons. The summed E-state index contributed by atoms with van der Waals surface area (Å²) in [5.41, 5.74) is 7.44. The van der Waals surface area contributed by atoms with Crippen molar-refractivity contribution in [2.75, 3.05) is 7.11 Å². The van der Waals surface area contributed by atoms with Crippen LogP contribution in [0.25, 0.3) is 10.9 Å². The van der Waals surface area contributed by atoms with Gasteiger partial charge in [-0.1, -0.05) is 6.92 Å². The molecule has 0 spiro atoms. The highest BCUT2D eigenvalue weighted by atomic mass is 19.4. The number of primary amides is 1. The second-order valence-electron chi connectivity index (χ2n) is 6.96. The van der Waals surface area contributed by atoms with Gasteiger partial charge >= 0.3 is 6.36 Å². The molecule has 2 N–H and O–H groups in total. The number of nitrogens with two attached hydrogens (primary N) is 1. The Balaban J connectivity index is 2.14. The molecular weight excluding hydrogens is 413 g/mol. The third-order valence-corrected chi connectivity index (χ3v) is 5.10. The summed E-state index contributed by atoms with van der Waals surface area (Å²) in [6.07, 6.45) is -4.39. The molecule has 1 unspecified atom stereocenters. The van der Waals surface area contributed by atoms with Crippen LogP contribution in [0.4, 0.5) is 13.2 Å². The third-order valence-electron chi connectivity index (χ3n) is 5.10. The first kappa shape index (κ1) is 22.2. The SMILES string of the molecule is CCC(C(N)=O)c1c(C)n(C(=O)c2ccc(OC(F)(F)F)cc2)c2ccc(OC)cc12. The van der Waals surface area contributed by atoms with E-state index in [1.54, 1.807) is 25.1 Å². The van der Waals surface area contributed by atoms with Gasteiger partial charge in [-0.2, -0.15) is 0 Å². The molecule has 0 aliphatic heterocycles. The number of aromatic nitrogens is 1. The fourth-order valence-electron chi connectivity index (χ4n) is 3.73. The lowest BCUT2D eigenvalue weighted by Crippen LogP contribution is -2.22. The minimum atomic E-state index is -4.82. The zero-order valence-electron chi connectivity index (χ0n) is 17.1. The first-order valence-corrected chi connectivity index (χ1v) is 9.46. The molecule has 31 heavy (non-hydrogen) atoms. The van der Waals surface area contributed by atoms with Crippen molar-refractivity contribution in [1.82, 2.24) is 4.57 Å². The van der Waals surface area contributed by atoms with Gasteiger partial charge in [0.2, 0.25) is 5.91 Å². The van der Waals surface area contributed by atoms with Crippen molar-refractivity contribution in [2.24, 2.45) is 5.73 Å². The van der Waals surface area contributed by atoms with E-state index in [9.17, 15) is 22.8 Å². The van der Waals surface area contributed by atoms with E-state index >= 15 is 0 Å². The van der Waals surface area contributed by atoms with Crippen LogP contribution < -0.4 is 15.2 Å². The van der Waals surface area contributed by atoms with E-state index in [-0.39, 0.29) is 5.56 Å². The average molecular weight is 434 g/mol. The first-order valence-electron chi connectivity index (χ1n) is 9.46. The third kappa shape index (κ3) is 4.35. The molecule has 1 heterocycles. The summed E-state index contributed by atoms with van der Waals surface area (Å²) >= 11 is 0. The zero-order valence-corrected chi connectivity index (χ0v) is 17.1. The predicted molar refractivity (Wildman–Crippen MR) is 108 cm³/mol. The van der Waals surface area contributed by atoms with Gasteiger partial charge in [-0.25, -0.2) is 0 Å². The average Bonchev–Trinajstić information content (AvgIpc) is 2.98. The Hall–Kier alpha value is -3.49. The Bertz CT molecular complexity index is 1130. The monoisotopic (exact) mass is 434 g/mol. The number of amides is 1. The van der Waals surface area contributed by atoms with Gasteiger partial charge in [-0.3, -0.25) is 14.2 Å². The minimum Gasteiger partial charge on any atom is -0.497 e. The number of carbonyl (C=O) groups is 2. The van der Waals surface area contributed by atoms with Crippen LogP contribution in [0, 0.1) is 6.92 Å². The van der Waals surface area contributed by atoms with Gasteiger partial charge in [-0.15, -0.1) is 13.2 Å². The lowest BCUT2D eigenvalue weighted by Gasteiger charge is -2.13. The number of hydrogen-bond acceptors (Lipinski definition) is 4. The lowest BCUT2D eigenvalue weighted by atomic mass is 9.93. The normalized spacial score (nSPS) is 12.6. The van der Waals surface area contributed by atoms with Crippen molar-refractivity contribution >= 4 is 22.7 Å². The standard InChI is InChI=1S/C22H21F3N2O4/c1-4-16(20(26)28)19-12(2)27(18-10-9-15(30-3)11-17(18)19)21(29)13-5-7-14(8-6-13)31-22(23,24)25/h5-11,16H,4H2,1-3H3,(H2,26,28). The van der Waals surface area contributed by atoms with Crippen LogP contribution in [0.1, 0.15) is 40.9 Å². The van der Waals surface area contributed by atoms with Gasteiger partial charge < -0.3 is 15.2 Å². The van der Waals surface area contributed by atoms with Crippen molar-refractivity contribution < 1.29 is 32.2 Å². The van der Waals surface area contributed by atoms with E-state index < -0.39 is 29.8 Å². The smallest absolute Gasteiger partial charge is 0.497 e. The van der Waals surface area contributed by atoms with Crippen LogP contribution in [0.15, 0.2) is 42.5 Å². The van der Waals surface area contributed by atoms with Gasteiger partial charge in [0.1, 0.15) is 11.5 Å². The molecule has 0 bridgehead atoms. The van der Waals surface area contributed by atoms with Gasteiger partial charge in [0.15, 0.2) is 0 Å². The number of nitrogens with zero attached hydrogens (tertiary/aromatic N) is 1. The Morgan fingerprint density at radius 3 is 2.23 bits per heavy atom. The molecule has 164 valence electrons. The topological polar surface area (TPSA) is 83.6 Å². The molecule has 0 aliphatic carbocycles. The van der Waals surface area contributed by atoms with Crippen molar-refractivity contribution in [3.05, 3.63) is 59.3 Å². The summed E-state index contributed by atoms with van der Waals surface area (Å²) in [5.74, 6) is -1.48. The van der Waals surface area contributed by atoms with Crippen LogP contribution in [0.5, 0.6) is 11.5 Å². The van der Waals surface area contributed by atoms with Crippen molar-refractivity contribution in [2.45, 2.75) is 32.5 Å². The number of ether oxygens (including phenoxy) is 2. The van der Waals surface area contributed by atoms with Gasteiger partial charge in [0.05, 0.1) is 18.5 Å². The molecule has 3 rings (SSSR count). The van der Waals surface area contributed by atoms with E-state index in [0.717, 1.165) is 12.1 Å². The summed E-state index contributed by atoms with van der Waals surface area (Å²) in [4.78, 5) is 25.4. The molecule has 9 heteroatoms. The van der Waals surface area contributed by atoms with Gasteiger partial charge in [0.25, 0.3) is 5.91 Å². The van der Waals surface area contributed by atoms with E-state index in [1.807, 2.05) is 6.92 Å². The molecule has 1 atom stereocenters. The van der Waals surface area contributed by atoms with E-state index in [2.05, 4.69) is 4.74 Å². The number of methoxy groups -OCH3 is 1. The largest absolute Gasteiger partial charge is 0.573 e. The molecule has 0 saturated heterocycles. The molecule has 1 amide bonds. The number of carbonyl (C=O) groups excluding carboxylic acids is 2. The predicted octanol–water partition coefficient (Wildman–Crippen LogP) is 4.52. The number of alkyl halides is 3. The van der Waals surface area contributed by atoms with E-state index in [4.69, 9.17) is 10.5 Å². The van der Waals surface area contributed by atoms with Gasteiger partial charge in [0, 0.05) is 16.6 Å². The van der Waals surface area contributed by atoms with Crippen LogP contribution in [0.3, 0.4) is 0 Å². The molecule has 2 aromatic carbocycles. The van der Waals surface area contributed by atoms with Gasteiger partial charge in [-0.05, 0) is 61.4 Å². The number of fused-ring (bicyclic) bond motifs is 1. The molecular formula is C22H21F3N2O4. The van der Waals surface area contributed by atoms with E-state index in [1.165, 1.54) is 23.8 Å². The maximum atomic E-state index is 13.3. The summed E-state index contributed by atoms with van der Waals surface area (Å²) in [7, 11) is 1.51. The highest BCUT2D eigenvalue weighted by Crippen LogP contribution is 2.36. The van der Waals surface area contributed by atoms with Crippen LogP contribution in [0.2, 0.25) is 0 Å². The second-order valence-corrected chi connectivity index (χ2v) is 6.96. The van der Waals surface area contributed by atoms with Crippen LogP contribution in [-0.4, -0.2) is 29.9 Å². The number of hydrogen-bond donors (Lipinski definition) is 1. The number of benzene rings is 2. The quantitative estimate of drug-likeness (QED) is 0.618. The van der Waals surface area contributed by atoms with Crippen LogP contribution >= 0.6 is 0 Å². The van der Waals surface area contributed by atoms with Crippen molar-refractivity contribution in [3.8, 4) is 11.5 Å². The summed E-state index contributed by atoms with van der Waals surface area (Å²) in [6, 6.07) is 9.76. The highest BCUT2D eigenvalue weighted by Gasteiger charge is 2.31. The highest BCUT2D eigenvalue weighted by molar-refractivity contribution is 6.05. The summed E-state index contributed by atoms with van der Waals surface area (Å²) in [6.45, 7) is 3.52. The summed E-state index contributed by atoms with van der Waals surface area (Å²) < 4.78 is 47.7. The Morgan fingerprint density at radius 2 is 1.71 bits per heavy atom. The Morgan fingerprint density at radius 1 is 1.10 bits per heavy atom. The van der Waals surface area contributed by atoms with E-state index in [0.29, 0.717) is 34.3 Å². The lowest BCUT2D eigenvalue weighted by molar-refractivity contribution is -0.274. The molecule has 0 aliphatic rings. The first-order chi connectivity index (χ1) is 14.6. The maximum Gasteiger partial charge on any atom is 0.573 e. The maximum absolute atomic E-state index is 13.3.